The first kappa shape index (κ1) is 19.1. The van der Waals surface area contributed by atoms with Crippen LogP contribution < -0.4 is 0 Å². The van der Waals surface area contributed by atoms with Gasteiger partial charge < -0.3 is 13.9 Å². The molecule has 0 unspecified atom stereocenters. The molecular weight excluding hydrogens is 276 g/mol. The number of ether oxygens (including phenoxy) is 2. The molecule has 0 saturated heterocycles. The lowest BCUT2D eigenvalue weighted by atomic mass is 10.2. The Bertz CT molecular complexity index is 346. The summed E-state index contributed by atoms with van der Waals surface area (Å²) in [6.07, 6.45) is -1.60. The fourth-order valence-corrected chi connectivity index (χ4v) is 2.58. The summed E-state index contributed by atoms with van der Waals surface area (Å²) >= 11 is 0. The van der Waals surface area contributed by atoms with Gasteiger partial charge >= 0.3 is 11.9 Å². The van der Waals surface area contributed by atoms with Gasteiger partial charge in [-0.05, 0) is 38.9 Å². The lowest BCUT2D eigenvalue weighted by Crippen LogP contribution is -2.46. The van der Waals surface area contributed by atoms with E-state index in [-0.39, 0.29) is 11.6 Å². The van der Waals surface area contributed by atoms with Crippen LogP contribution in [0.1, 0.15) is 41.5 Å². The molecule has 0 N–H and O–H groups in total. The van der Waals surface area contributed by atoms with Crippen LogP contribution in [0.3, 0.4) is 0 Å². The third-order valence-electron chi connectivity index (χ3n) is 3.52. The Kier molecular flexibility index (Phi) is 6.90. The van der Waals surface area contributed by atoms with Crippen molar-refractivity contribution in [2.75, 3.05) is 6.61 Å². The predicted octanol–water partition coefficient (Wildman–Crippen LogP) is 2.89. The number of hydrogen-bond donors (Lipinski definition) is 0. The Hall–Kier alpha value is -0.883. The van der Waals surface area contributed by atoms with Crippen LogP contribution in [0.4, 0.5) is 0 Å². The minimum Gasteiger partial charge on any atom is -0.463 e. The SMILES string of the molecule is CCOC(=O)[C@H](C)OC(=O)[C@H](C)O[Si](C)(C)C(C)(C)C. The van der Waals surface area contributed by atoms with Crippen LogP contribution >= 0.6 is 0 Å². The molecule has 2 atom stereocenters. The Labute approximate surface area is 123 Å². The van der Waals surface area contributed by atoms with Gasteiger partial charge in [0.1, 0.15) is 6.10 Å². The van der Waals surface area contributed by atoms with Crippen LogP contribution in [0.2, 0.25) is 18.1 Å². The third-order valence-corrected chi connectivity index (χ3v) is 8.08. The van der Waals surface area contributed by atoms with Gasteiger partial charge in [-0.1, -0.05) is 20.8 Å². The van der Waals surface area contributed by atoms with E-state index in [1.165, 1.54) is 6.92 Å². The van der Waals surface area contributed by atoms with Gasteiger partial charge in [-0.3, -0.25) is 0 Å². The van der Waals surface area contributed by atoms with Gasteiger partial charge in [-0.15, -0.1) is 0 Å². The van der Waals surface area contributed by atoms with Crippen LogP contribution in [0, 0.1) is 0 Å². The summed E-state index contributed by atoms with van der Waals surface area (Å²) in [5.74, 6) is -1.07. The molecule has 0 aliphatic rings. The summed E-state index contributed by atoms with van der Waals surface area (Å²) < 4.78 is 15.8. The van der Waals surface area contributed by atoms with Crippen LogP contribution in [0.25, 0.3) is 0 Å². The average Bonchev–Trinajstić information content (AvgIpc) is 2.26. The lowest BCUT2D eigenvalue weighted by molar-refractivity contribution is -0.170. The molecule has 0 amide bonds. The average molecular weight is 304 g/mol. The van der Waals surface area contributed by atoms with Crippen molar-refractivity contribution in [3.8, 4) is 0 Å². The summed E-state index contributed by atoms with van der Waals surface area (Å²) in [4.78, 5) is 23.3. The van der Waals surface area contributed by atoms with E-state index in [0.717, 1.165) is 0 Å². The van der Waals surface area contributed by atoms with E-state index >= 15 is 0 Å². The smallest absolute Gasteiger partial charge is 0.347 e. The van der Waals surface area contributed by atoms with Crippen molar-refractivity contribution in [3.63, 3.8) is 0 Å². The first-order valence-electron chi connectivity index (χ1n) is 6.97. The lowest BCUT2D eigenvalue weighted by Gasteiger charge is -2.37. The van der Waals surface area contributed by atoms with E-state index in [0.29, 0.717) is 0 Å². The molecule has 0 aliphatic carbocycles. The molecule has 0 spiro atoms. The quantitative estimate of drug-likeness (QED) is 0.558. The molecule has 0 heterocycles. The molecule has 0 radical (unpaired) electrons. The first-order valence-corrected chi connectivity index (χ1v) is 9.88. The zero-order valence-corrected chi connectivity index (χ0v) is 14.9. The zero-order chi connectivity index (χ0) is 16.1. The molecule has 0 fully saturated rings. The molecule has 5 nitrogen and oxygen atoms in total. The maximum atomic E-state index is 11.9. The zero-order valence-electron chi connectivity index (χ0n) is 13.9. The molecule has 118 valence electrons. The minimum absolute atomic E-state index is 0.00823. The van der Waals surface area contributed by atoms with Crippen molar-refractivity contribution < 1.29 is 23.5 Å². The van der Waals surface area contributed by atoms with Crippen molar-refractivity contribution in [2.45, 2.75) is 71.9 Å². The van der Waals surface area contributed by atoms with Crippen LogP contribution in [-0.4, -0.2) is 39.1 Å². The summed E-state index contributed by atoms with van der Waals surface area (Å²) in [6.45, 7) is 15.5. The van der Waals surface area contributed by atoms with E-state index in [2.05, 4.69) is 33.9 Å². The highest BCUT2D eigenvalue weighted by Crippen LogP contribution is 2.37. The Morgan fingerprint density at radius 1 is 1.05 bits per heavy atom. The van der Waals surface area contributed by atoms with Crippen LogP contribution in [0.15, 0.2) is 0 Å². The van der Waals surface area contributed by atoms with E-state index in [4.69, 9.17) is 13.9 Å². The molecule has 0 saturated carbocycles. The first-order chi connectivity index (χ1) is 8.92. The fraction of sp³-hybridized carbons (Fsp3) is 0.857. The van der Waals surface area contributed by atoms with E-state index in [1.54, 1.807) is 13.8 Å². The predicted molar refractivity (Wildman–Crippen MR) is 79.9 cm³/mol. The number of esters is 2. The van der Waals surface area contributed by atoms with Gasteiger partial charge in [0.25, 0.3) is 0 Å². The van der Waals surface area contributed by atoms with Gasteiger partial charge in [-0.2, -0.15) is 0 Å². The molecule has 0 bridgehead atoms. The van der Waals surface area contributed by atoms with Crippen molar-refractivity contribution in [2.24, 2.45) is 0 Å². The normalized spacial score (nSPS) is 15.4. The molecular formula is C14H28O5Si. The second kappa shape index (κ2) is 7.22. The topological polar surface area (TPSA) is 61.8 Å². The van der Waals surface area contributed by atoms with Crippen LogP contribution in [0.5, 0.6) is 0 Å². The largest absolute Gasteiger partial charge is 0.463 e. The van der Waals surface area contributed by atoms with Gasteiger partial charge in [0.05, 0.1) is 6.61 Å². The van der Waals surface area contributed by atoms with Crippen molar-refractivity contribution in [1.82, 2.24) is 0 Å². The maximum Gasteiger partial charge on any atom is 0.347 e. The second-order valence-corrected chi connectivity index (χ2v) is 11.1. The van der Waals surface area contributed by atoms with Crippen molar-refractivity contribution in [3.05, 3.63) is 0 Å². The molecule has 0 aromatic heterocycles. The minimum atomic E-state index is -2.04. The number of carbonyl (C=O) groups is 2. The molecule has 0 aromatic carbocycles. The molecule has 0 aliphatic heterocycles. The van der Waals surface area contributed by atoms with Gasteiger partial charge in [-0.25, -0.2) is 9.59 Å². The molecule has 0 rings (SSSR count). The van der Waals surface area contributed by atoms with E-state index < -0.39 is 32.5 Å². The fourth-order valence-electron chi connectivity index (χ4n) is 1.24. The summed E-state index contributed by atoms with van der Waals surface area (Å²) in [5, 5.41) is 0.00823. The summed E-state index contributed by atoms with van der Waals surface area (Å²) in [6, 6.07) is 0. The molecule has 6 heteroatoms. The highest BCUT2D eigenvalue weighted by atomic mass is 28.4. The molecule has 20 heavy (non-hydrogen) atoms. The van der Waals surface area contributed by atoms with Crippen molar-refractivity contribution >= 4 is 20.3 Å². The van der Waals surface area contributed by atoms with E-state index in [1.807, 2.05) is 0 Å². The third kappa shape index (κ3) is 5.62. The monoisotopic (exact) mass is 304 g/mol. The Balaban J connectivity index is 4.54. The van der Waals surface area contributed by atoms with Gasteiger partial charge in [0, 0.05) is 0 Å². The van der Waals surface area contributed by atoms with E-state index in [9.17, 15) is 9.59 Å². The summed E-state index contributed by atoms with van der Waals surface area (Å²) in [7, 11) is -2.04. The number of hydrogen-bond acceptors (Lipinski definition) is 5. The number of carbonyl (C=O) groups excluding carboxylic acids is 2. The number of rotatable bonds is 6. The highest BCUT2D eigenvalue weighted by Gasteiger charge is 2.40. The summed E-state index contributed by atoms with van der Waals surface area (Å²) in [5.41, 5.74) is 0. The Morgan fingerprint density at radius 2 is 1.55 bits per heavy atom. The highest BCUT2D eigenvalue weighted by molar-refractivity contribution is 6.74. The Morgan fingerprint density at radius 3 is 1.95 bits per heavy atom. The maximum absolute atomic E-state index is 11.9. The standard InChI is InChI=1S/C14H28O5Si/c1-9-17-12(15)10(2)18-13(16)11(3)19-20(7,8)14(4,5)6/h10-11H,9H2,1-8H3/t10-,11-/m0/s1. The molecule has 0 aromatic rings. The van der Waals surface area contributed by atoms with Crippen molar-refractivity contribution in [1.29, 1.82) is 0 Å². The van der Waals surface area contributed by atoms with Crippen LogP contribution in [-0.2, 0) is 23.5 Å². The van der Waals surface area contributed by atoms with Gasteiger partial charge in [0.2, 0.25) is 0 Å². The van der Waals surface area contributed by atoms with Gasteiger partial charge in [0.15, 0.2) is 14.4 Å². The second-order valence-electron chi connectivity index (χ2n) is 6.35.